The summed E-state index contributed by atoms with van der Waals surface area (Å²) < 4.78 is 13.7. The number of hydrogen-bond acceptors (Lipinski definition) is 3. The molecule has 0 spiro atoms. The van der Waals surface area contributed by atoms with E-state index < -0.39 is 0 Å². The van der Waals surface area contributed by atoms with Crippen molar-refractivity contribution in [3.05, 3.63) is 71.0 Å². The minimum Gasteiger partial charge on any atom is -0.295 e. The monoisotopic (exact) mass is 367 g/mol. The third kappa shape index (κ3) is 4.42. The normalized spacial score (nSPS) is 16.7. The zero-order valence-corrected chi connectivity index (χ0v) is 16.2. The van der Waals surface area contributed by atoms with Gasteiger partial charge in [0, 0.05) is 12.0 Å². The number of likely N-dealkylation sites (N-methyl/N-ethyl adjacent to an activating group) is 1. The zero-order chi connectivity index (χ0) is 19.4. The van der Waals surface area contributed by atoms with E-state index >= 15 is 0 Å². The smallest absolute Gasteiger partial charge is 0.257 e. The van der Waals surface area contributed by atoms with E-state index in [1.165, 1.54) is 17.7 Å². The molecule has 2 aromatic rings. The Balaban J connectivity index is 1.92. The van der Waals surface area contributed by atoms with Crippen molar-refractivity contribution >= 4 is 11.6 Å². The van der Waals surface area contributed by atoms with Gasteiger partial charge in [-0.25, -0.2) is 9.40 Å². The van der Waals surface area contributed by atoms with Gasteiger partial charge in [0.25, 0.3) is 5.91 Å². The Bertz CT molecular complexity index is 828. The second-order valence-corrected chi connectivity index (χ2v) is 6.89. The van der Waals surface area contributed by atoms with Crippen LogP contribution in [0.15, 0.2) is 53.6 Å². The second-order valence-electron chi connectivity index (χ2n) is 6.89. The van der Waals surface area contributed by atoms with Crippen molar-refractivity contribution in [2.75, 3.05) is 19.6 Å². The minimum atomic E-state index is -0.296. The van der Waals surface area contributed by atoms with Gasteiger partial charge in [0.1, 0.15) is 5.82 Å². The van der Waals surface area contributed by atoms with Crippen molar-refractivity contribution < 1.29 is 9.18 Å². The number of benzene rings is 2. The Hall–Kier alpha value is -2.53. The summed E-state index contributed by atoms with van der Waals surface area (Å²) in [5.41, 5.74) is 3.69. The van der Waals surface area contributed by atoms with Gasteiger partial charge in [0.05, 0.1) is 18.3 Å². The maximum Gasteiger partial charge on any atom is 0.257 e. The molecule has 1 amide bonds. The first-order valence-corrected chi connectivity index (χ1v) is 9.46. The molecule has 0 aromatic heterocycles. The molecule has 2 aromatic carbocycles. The first-order chi connectivity index (χ1) is 13.0. The number of hydrogen-bond donors (Lipinski definition) is 0. The highest BCUT2D eigenvalue weighted by molar-refractivity contribution is 6.03. The molecule has 0 N–H and O–H groups in total. The number of halogens is 1. The number of carbonyl (C=O) groups excluding carboxylic acids is 1. The molecule has 4 nitrogen and oxygen atoms in total. The van der Waals surface area contributed by atoms with E-state index in [0.29, 0.717) is 13.0 Å². The Labute approximate surface area is 160 Å². The highest BCUT2D eigenvalue weighted by Gasteiger charge is 2.33. The molecule has 5 heteroatoms. The summed E-state index contributed by atoms with van der Waals surface area (Å²) in [5, 5.41) is 6.19. The number of rotatable bonds is 6. The molecule has 1 heterocycles. The van der Waals surface area contributed by atoms with Gasteiger partial charge in [-0.2, -0.15) is 5.10 Å². The van der Waals surface area contributed by atoms with Crippen LogP contribution in [-0.2, 0) is 4.79 Å². The van der Waals surface area contributed by atoms with E-state index in [4.69, 9.17) is 0 Å². The van der Waals surface area contributed by atoms with Crippen molar-refractivity contribution in [1.82, 2.24) is 9.91 Å². The Morgan fingerprint density at radius 2 is 1.89 bits per heavy atom. The molecule has 0 radical (unpaired) electrons. The summed E-state index contributed by atoms with van der Waals surface area (Å²) in [7, 11) is 0. The van der Waals surface area contributed by atoms with E-state index in [1.807, 2.05) is 51.1 Å². The van der Waals surface area contributed by atoms with Crippen LogP contribution in [0.2, 0.25) is 0 Å². The number of nitrogens with zero attached hydrogens (tertiary/aromatic N) is 3. The topological polar surface area (TPSA) is 35.9 Å². The molecule has 3 rings (SSSR count). The predicted molar refractivity (Wildman–Crippen MR) is 106 cm³/mol. The largest absolute Gasteiger partial charge is 0.295 e. The SMILES string of the molecule is CCN(CC)CC(=O)N1N=C(c2cccc(F)c2)C[C@H]1c1ccc(C)cc1. The molecule has 0 saturated heterocycles. The van der Waals surface area contributed by atoms with E-state index in [-0.39, 0.29) is 17.8 Å². The maximum atomic E-state index is 13.7. The average molecular weight is 367 g/mol. The van der Waals surface area contributed by atoms with Crippen LogP contribution in [0.5, 0.6) is 0 Å². The van der Waals surface area contributed by atoms with Gasteiger partial charge in [-0.15, -0.1) is 0 Å². The van der Waals surface area contributed by atoms with Crippen molar-refractivity contribution in [2.45, 2.75) is 33.2 Å². The minimum absolute atomic E-state index is 0.0318. The highest BCUT2D eigenvalue weighted by atomic mass is 19.1. The summed E-state index contributed by atoms with van der Waals surface area (Å²) in [6.07, 6.45) is 0.580. The average Bonchev–Trinajstić information content (AvgIpc) is 3.12. The summed E-state index contributed by atoms with van der Waals surface area (Å²) in [6.45, 7) is 8.07. The number of carbonyl (C=O) groups is 1. The van der Waals surface area contributed by atoms with Crippen molar-refractivity contribution in [2.24, 2.45) is 5.10 Å². The predicted octanol–water partition coefficient (Wildman–Crippen LogP) is 4.15. The van der Waals surface area contributed by atoms with E-state index in [0.717, 1.165) is 29.9 Å². The molecule has 27 heavy (non-hydrogen) atoms. The molecule has 1 atom stereocenters. The second kappa shape index (κ2) is 8.44. The number of amides is 1. The van der Waals surface area contributed by atoms with Gasteiger partial charge in [-0.3, -0.25) is 9.69 Å². The van der Waals surface area contributed by atoms with Crippen LogP contribution in [-0.4, -0.2) is 41.2 Å². The molecule has 0 bridgehead atoms. The Kier molecular flexibility index (Phi) is 6.01. The third-order valence-electron chi connectivity index (χ3n) is 5.04. The van der Waals surface area contributed by atoms with Crippen molar-refractivity contribution in [3.63, 3.8) is 0 Å². The van der Waals surface area contributed by atoms with Gasteiger partial charge < -0.3 is 0 Å². The summed E-state index contributed by atoms with van der Waals surface area (Å²) in [4.78, 5) is 15.0. The van der Waals surface area contributed by atoms with Crippen molar-refractivity contribution in [1.29, 1.82) is 0 Å². The first kappa shape index (κ1) is 19.2. The van der Waals surface area contributed by atoms with E-state index in [2.05, 4.69) is 10.0 Å². The van der Waals surface area contributed by atoms with Crippen molar-refractivity contribution in [3.8, 4) is 0 Å². The molecular formula is C22H26FN3O. The molecule has 1 aliphatic rings. The summed E-state index contributed by atoms with van der Waals surface area (Å²) >= 11 is 0. The summed E-state index contributed by atoms with van der Waals surface area (Å²) in [6, 6.07) is 14.4. The van der Waals surface area contributed by atoms with Crippen LogP contribution in [0, 0.1) is 12.7 Å². The highest BCUT2D eigenvalue weighted by Crippen LogP contribution is 2.33. The van der Waals surface area contributed by atoms with Gasteiger partial charge in [-0.1, -0.05) is 55.8 Å². The fourth-order valence-electron chi connectivity index (χ4n) is 3.34. The quantitative estimate of drug-likeness (QED) is 0.769. The van der Waals surface area contributed by atoms with E-state index in [1.54, 1.807) is 11.1 Å². The molecule has 0 unspecified atom stereocenters. The summed E-state index contributed by atoms with van der Waals surface area (Å²) in [5.74, 6) is -0.328. The van der Waals surface area contributed by atoms with Gasteiger partial charge in [-0.05, 0) is 37.7 Å². The molecule has 142 valence electrons. The Morgan fingerprint density at radius 3 is 2.52 bits per heavy atom. The van der Waals surface area contributed by atoms with Gasteiger partial charge >= 0.3 is 0 Å². The number of hydrazone groups is 1. The third-order valence-corrected chi connectivity index (χ3v) is 5.04. The fourth-order valence-corrected chi connectivity index (χ4v) is 3.34. The molecule has 0 aliphatic carbocycles. The lowest BCUT2D eigenvalue weighted by molar-refractivity contribution is -0.134. The van der Waals surface area contributed by atoms with Gasteiger partial charge in [0.15, 0.2) is 0 Å². The first-order valence-electron chi connectivity index (χ1n) is 9.46. The lowest BCUT2D eigenvalue weighted by Gasteiger charge is -2.25. The van der Waals surface area contributed by atoms with Gasteiger partial charge in [0.2, 0.25) is 0 Å². The lowest BCUT2D eigenvalue weighted by Crippen LogP contribution is -2.38. The molecule has 0 saturated carbocycles. The van der Waals surface area contributed by atoms with Crippen LogP contribution >= 0.6 is 0 Å². The lowest BCUT2D eigenvalue weighted by atomic mass is 9.97. The van der Waals surface area contributed by atoms with Crippen LogP contribution in [0.1, 0.15) is 43.0 Å². The van der Waals surface area contributed by atoms with E-state index in [9.17, 15) is 9.18 Å². The fraction of sp³-hybridized carbons (Fsp3) is 0.364. The molecule has 1 aliphatic heterocycles. The maximum absolute atomic E-state index is 13.7. The van der Waals surface area contributed by atoms with Crippen LogP contribution in [0.3, 0.4) is 0 Å². The molecule has 0 fully saturated rings. The molecular weight excluding hydrogens is 341 g/mol. The zero-order valence-electron chi connectivity index (χ0n) is 16.2. The standard InChI is InChI=1S/C22H26FN3O/c1-4-25(5-2)15-22(27)26-21(17-11-9-16(3)10-12-17)14-20(24-26)18-7-6-8-19(23)13-18/h6-13,21H,4-5,14-15H2,1-3H3/t21-/m0/s1. The van der Waals surface area contributed by atoms with Crippen LogP contribution in [0.4, 0.5) is 4.39 Å². The number of aryl methyl sites for hydroxylation is 1. The van der Waals surface area contributed by atoms with Crippen LogP contribution < -0.4 is 0 Å². The van der Waals surface area contributed by atoms with Crippen LogP contribution in [0.25, 0.3) is 0 Å². The Morgan fingerprint density at radius 1 is 1.19 bits per heavy atom.